The number of nitrogens with zero attached hydrogens (tertiary/aromatic N) is 1. The van der Waals surface area contributed by atoms with Gasteiger partial charge in [-0.15, -0.1) is 0 Å². The van der Waals surface area contributed by atoms with Crippen molar-refractivity contribution in [2.75, 3.05) is 34.3 Å². The van der Waals surface area contributed by atoms with Crippen LogP contribution in [0, 0.1) is 5.92 Å². The van der Waals surface area contributed by atoms with Gasteiger partial charge in [0, 0.05) is 6.54 Å². The molecule has 0 amide bonds. The standard InChI is InChI=1S/C13H22N2O/c1-15(2)10-12(9-14)7-11-5-4-6-13(8-11)16-3/h4-6,8,12H,7,9-10,14H2,1-3H3. The lowest BCUT2D eigenvalue weighted by Crippen LogP contribution is -2.29. The Hall–Kier alpha value is -1.06. The lowest BCUT2D eigenvalue weighted by atomic mass is 9.99. The quantitative estimate of drug-likeness (QED) is 0.790. The summed E-state index contributed by atoms with van der Waals surface area (Å²) in [7, 11) is 5.85. The fraction of sp³-hybridized carbons (Fsp3) is 0.538. The lowest BCUT2D eigenvalue weighted by Gasteiger charge is -2.19. The summed E-state index contributed by atoms with van der Waals surface area (Å²) < 4.78 is 5.21. The van der Waals surface area contributed by atoms with Crippen LogP contribution in [0.4, 0.5) is 0 Å². The van der Waals surface area contributed by atoms with Crippen LogP contribution in [-0.2, 0) is 6.42 Å². The number of benzene rings is 1. The van der Waals surface area contributed by atoms with Gasteiger partial charge in [-0.3, -0.25) is 0 Å². The van der Waals surface area contributed by atoms with E-state index < -0.39 is 0 Å². The minimum absolute atomic E-state index is 0.502. The molecule has 0 aliphatic rings. The normalized spacial score (nSPS) is 12.8. The summed E-state index contributed by atoms with van der Waals surface area (Å²) >= 11 is 0. The number of ether oxygens (including phenoxy) is 1. The minimum atomic E-state index is 0.502. The Balaban J connectivity index is 2.62. The second kappa shape index (κ2) is 6.51. The molecule has 2 N–H and O–H groups in total. The molecule has 1 rings (SSSR count). The molecule has 90 valence electrons. The first-order valence-corrected chi connectivity index (χ1v) is 5.63. The van der Waals surface area contributed by atoms with Gasteiger partial charge < -0.3 is 15.4 Å². The van der Waals surface area contributed by atoms with Crippen LogP contribution in [0.25, 0.3) is 0 Å². The summed E-state index contributed by atoms with van der Waals surface area (Å²) in [6.07, 6.45) is 1.01. The van der Waals surface area contributed by atoms with E-state index in [1.54, 1.807) is 7.11 Å². The molecule has 0 aromatic heterocycles. The molecule has 16 heavy (non-hydrogen) atoms. The predicted octanol–water partition coefficient (Wildman–Crippen LogP) is 1.37. The van der Waals surface area contributed by atoms with Crippen molar-refractivity contribution in [3.8, 4) is 5.75 Å². The van der Waals surface area contributed by atoms with E-state index in [1.165, 1.54) is 5.56 Å². The molecule has 1 aromatic rings. The van der Waals surface area contributed by atoms with Gasteiger partial charge in [-0.2, -0.15) is 0 Å². The fourth-order valence-electron chi connectivity index (χ4n) is 1.87. The van der Waals surface area contributed by atoms with Crippen LogP contribution in [-0.4, -0.2) is 39.2 Å². The molecular formula is C13H22N2O. The molecule has 0 aliphatic heterocycles. The molecule has 0 bridgehead atoms. The smallest absolute Gasteiger partial charge is 0.119 e. The summed E-state index contributed by atoms with van der Waals surface area (Å²) in [6, 6.07) is 8.20. The highest BCUT2D eigenvalue weighted by molar-refractivity contribution is 5.28. The Morgan fingerprint density at radius 3 is 2.69 bits per heavy atom. The van der Waals surface area contributed by atoms with Gasteiger partial charge in [0.2, 0.25) is 0 Å². The zero-order valence-corrected chi connectivity index (χ0v) is 10.4. The number of hydrogen-bond acceptors (Lipinski definition) is 3. The van der Waals surface area contributed by atoms with Gasteiger partial charge >= 0.3 is 0 Å². The van der Waals surface area contributed by atoms with E-state index in [9.17, 15) is 0 Å². The Morgan fingerprint density at radius 1 is 1.38 bits per heavy atom. The minimum Gasteiger partial charge on any atom is -0.497 e. The van der Waals surface area contributed by atoms with Crippen molar-refractivity contribution < 1.29 is 4.74 Å². The fourth-order valence-corrected chi connectivity index (χ4v) is 1.87. The van der Waals surface area contributed by atoms with E-state index in [0.717, 1.165) is 25.3 Å². The molecule has 0 aliphatic carbocycles. The Morgan fingerprint density at radius 2 is 2.12 bits per heavy atom. The molecule has 0 fully saturated rings. The van der Waals surface area contributed by atoms with Gasteiger partial charge in [-0.25, -0.2) is 0 Å². The van der Waals surface area contributed by atoms with Gasteiger partial charge in [-0.05, 0) is 50.7 Å². The molecular weight excluding hydrogens is 200 g/mol. The van der Waals surface area contributed by atoms with Crippen LogP contribution in [0.5, 0.6) is 5.75 Å². The summed E-state index contributed by atoms with van der Waals surface area (Å²) in [6.45, 7) is 1.74. The van der Waals surface area contributed by atoms with Crippen molar-refractivity contribution >= 4 is 0 Å². The highest BCUT2D eigenvalue weighted by Crippen LogP contribution is 2.16. The van der Waals surface area contributed by atoms with E-state index in [-0.39, 0.29) is 0 Å². The Bertz CT molecular complexity index is 313. The van der Waals surface area contributed by atoms with Gasteiger partial charge in [0.1, 0.15) is 5.75 Å². The van der Waals surface area contributed by atoms with Gasteiger partial charge in [0.15, 0.2) is 0 Å². The molecule has 3 nitrogen and oxygen atoms in total. The van der Waals surface area contributed by atoms with E-state index in [4.69, 9.17) is 10.5 Å². The van der Waals surface area contributed by atoms with Crippen LogP contribution in [0.1, 0.15) is 5.56 Å². The second-order valence-corrected chi connectivity index (χ2v) is 4.42. The largest absolute Gasteiger partial charge is 0.497 e. The highest BCUT2D eigenvalue weighted by Gasteiger charge is 2.09. The first kappa shape index (κ1) is 13.0. The summed E-state index contributed by atoms with van der Waals surface area (Å²) in [5.41, 5.74) is 7.07. The predicted molar refractivity (Wildman–Crippen MR) is 67.8 cm³/mol. The number of nitrogens with two attached hydrogens (primary N) is 1. The third kappa shape index (κ3) is 4.21. The van der Waals surface area contributed by atoms with Crippen LogP contribution in [0.15, 0.2) is 24.3 Å². The molecule has 1 atom stereocenters. The molecule has 0 saturated heterocycles. The van der Waals surface area contributed by atoms with Crippen molar-refractivity contribution in [3.05, 3.63) is 29.8 Å². The number of rotatable bonds is 6. The topological polar surface area (TPSA) is 38.5 Å². The van der Waals surface area contributed by atoms with Crippen LogP contribution in [0.2, 0.25) is 0 Å². The van der Waals surface area contributed by atoms with Crippen LogP contribution >= 0.6 is 0 Å². The molecule has 3 heteroatoms. The SMILES string of the molecule is COc1cccc(CC(CN)CN(C)C)c1. The van der Waals surface area contributed by atoms with Crippen molar-refractivity contribution in [2.24, 2.45) is 11.7 Å². The first-order valence-electron chi connectivity index (χ1n) is 5.63. The molecule has 0 saturated carbocycles. The highest BCUT2D eigenvalue weighted by atomic mass is 16.5. The van der Waals surface area contributed by atoms with E-state index in [2.05, 4.69) is 31.1 Å². The second-order valence-electron chi connectivity index (χ2n) is 4.42. The average Bonchev–Trinajstić information content (AvgIpc) is 2.28. The molecule has 1 unspecified atom stereocenters. The summed E-state index contributed by atoms with van der Waals surface area (Å²) in [4.78, 5) is 2.18. The maximum Gasteiger partial charge on any atom is 0.119 e. The van der Waals surface area contributed by atoms with E-state index >= 15 is 0 Å². The van der Waals surface area contributed by atoms with Crippen molar-refractivity contribution in [3.63, 3.8) is 0 Å². The third-order valence-electron chi connectivity index (χ3n) is 2.62. The Labute approximate surface area is 98.2 Å². The maximum atomic E-state index is 5.78. The van der Waals surface area contributed by atoms with Crippen molar-refractivity contribution in [2.45, 2.75) is 6.42 Å². The zero-order valence-electron chi connectivity index (χ0n) is 10.4. The average molecular weight is 222 g/mol. The maximum absolute atomic E-state index is 5.78. The summed E-state index contributed by atoms with van der Waals surface area (Å²) in [5, 5.41) is 0. The molecule has 0 radical (unpaired) electrons. The Kier molecular flexibility index (Phi) is 5.29. The monoisotopic (exact) mass is 222 g/mol. The van der Waals surface area contributed by atoms with Gasteiger partial charge in [0.05, 0.1) is 7.11 Å². The first-order chi connectivity index (χ1) is 7.65. The van der Waals surface area contributed by atoms with Gasteiger partial charge in [-0.1, -0.05) is 12.1 Å². The van der Waals surface area contributed by atoms with Crippen LogP contribution < -0.4 is 10.5 Å². The van der Waals surface area contributed by atoms with Gasteiger partial charge in [0.25, 0.3) is 0 Å². The van der Waals surface area contributed by atoms with E-state index in [0.29, 0.717) is 5.92 Å². The van der Waals surface area contributed by atoms with Crippen molar-refractivity contribution in [1.82, 2.24) is 4.90 Å². The molecule has 0 heterocycles. The number of methoxy groups -OCH3 is 1. The zero-order chi connectivity index (χ0) is 12.0. The molecule has 1 aromatic carbocycles. The summed E-state index contributed by atoms with van der Waals surface area (Å²) in [5.74, 6) is 1.42. The lowest BCUT2D eigenvalue weighted by molar-refractivity contribution is 0.327. The number of hydrogen-bond donors (Lipinski definition) is 1. The van der Waals surface area contributed by atoms with Crippen LogP contribution in [0.3, 0.4) is 0 Å². The van der Waals surface area contributed by atoms with E-state index in [1.807, 2.05) is 12.1 Å². The molecule has 0 spiro atoms. The third-order valence-corrected chi connectivity index (χ3v) is 2.62. The van der Waals surface area contributed by atoms with Crippen molar-refractivity contribution in [1.29, 1.82) is 0 Å².